The van der Waals surface area contributed by atoms with Gasteiger partial charge in [-0.2, -0.15) is 0 Å². The molecule has 2 amide bonds. The van der Waals surface area contributed by atoms with Crippen LogP contribution in [-0.4, -0.2) is 60.5 Å². The van der Waals surface area contributed by atoms with Crippen LogP contribution in [0.1, 0.15) is 22.5 Å². The van der Waals surface area contributed by atoms with E-state index in [2.05, 4.69) is 0 Å². The molecule has 2 atom stereocenters. The molecule has 6 nitrogen and oxygen atoms in total. The minimum absolute atomic E-state index is 0.0118. The van der Waals surface area contributed by atoms with Gasteiger partial charge in [-0.25, -0.2) is 4.39 Å². The normalized spacial score (nSPS) is 22.4. The van der Waals surface area contributed by atoms with Crippen molar-refractivity contribution in [3.63, 3.8) is 0 Å². The molecule has 1 fully saturated rings. The summed E-state index contributed by atoms with van der Waals surface area (Å²) in [4.78, 5) is 26.5. The predicted octanol–water partition coefficient (Wildman–Crippen LogP) is 0.558. The fraction of sp³-hybridized carbons (Fsp3) is 0.571. The van der Waals surface area contributed by atoms with Gasteiger partial charge in [-0.1, -0.05) is 0 Å². The molecular weight excluding hydrogens is 277 g/mol. The highest BCUT2D eigenvalue weighted by Gasteiger charge is 2.34. The fourth-order valence-corrected chi connectivity index (χ4v) is 2.72. The summed E-state index contributed by atoms with van der Waals surface area (Å²) >= 11 is 0. The number of alkyl halides is 1. The number of carbonyl (C=O) groups is 2. The summed E-state index contributed by atoms with van der Waals surface area (Å²) in [5.41, 5.74) is 5.67. The van der Waals surface area contributed by atoms with E-state index in [-0.39, 0.29) is 25.0 Å². The Balaban J connectivity index is 2.01. The lowest BCUT2D eigenvalue weighted by Crippen LogP contribution is -2.44. The van der Waals surface area contributed by atoms with E-state index in [0.29, 0.717) is 24.3 Å². The van der Waals surface area contributed by atoms with Crippen molar-refractivity contribution >= 4 is 11.8 Å². The molecule has 2 N–H and O–H groups in total. The largest absolute Gasteiger partial charge is 0.469 e. The van der Waals surface area contributed by atoms with Gasteiger partial charge in [-0.15, -0.1) is 0 Å². The van der Waals surface area contributed by atoms with Gasteiger partial charge in [0.05, 0.1) is 18.4 Å². The second-order valence-corrected chi connectivity index (χ2v) is 5.46. The Kier molecular flexibility index (Phi) is 4.62. The van der Waals surface area contributed by atoms with Crippen LogP contribution in [0.5, 0.6) is 0 Å². The quantitative estimate of drug-likeness (QED) is 0.861. The summed E-state index contributed by atoms with van der Waals surface area (Å²) in [6.45, 7) is 2.25. The van der Waals surface area contributed by atoms with Gasteiger partial charge in [0.15, 0.2) is 0 Å². The molecule has 0 unspecified atom stereocenters. The number of hydrogen-bond acceptors (Lipinski definition) is 4. The first-order valence-corrected chi connectivity index (χ1v) is 6.84. The molecular formula is C14H20FN3O3. The van der Waals surface area contributed by atoms with Gasteiger partial charge in [0.2, 0.25) is 5.91 Å². The third-order valence-electron chi connectivity index (χ3n) is 3.76. The Bertz CT molecular complexity index is 531. The second kappa shape index (κ2) is 6.26. The zero-order valence-corrected chi connectivity index (χ0v) is 12.2. The zero-order chi connectivity index (χ0) is 15.6. The first-order valence-electron chi connectivity index (χ1n) is 6.84. The van der Waals surface area contributed by atoms with E-state index < -0.39 is 12.1 Å². The molecule has 0 radical (unpaired) electrons. The van der Waals surface area contributed by atoms with Crippen LogP contribution < -0.4 is 5.73 Å². The van der Waals surface area contributed by atoms with Crippen LogP contribution >= 0.6 is 0 Å². The SMILES string of the molecule is Cc1occc1C(=O)N(C)C[C@@H]1C[C@H](F)CN1CC(N)=O. The van der Waals surface area contributed by atoms with Crippen LogP contribution in [0.25, 0.3) is 0 Å². The highest BCUT2D eigenvalue weighted by atomic mass is 19.1. The zero-order valence-electron chi connectivity index (χ0n) is 12.2. The Labute approximate surface area is 122 Å². The minimum atomic E-state index is -0.992. The standard InChI is InChI=1S/C14H20FN3O3/c1-9-12(3-4-21-9)14(20)17(2)7-11-5-10(15)6-18(11)8-13(16)19/h3-4,10-11H,5-8H2,1-2H3,(H2,16,19)/t10-,11-/m0/s1. The minimum Gasteiger partial charge on any atom is -0.469 e. The first kappa shape index (κ1) is 15.5. The molecule has 0 bridgehead atoms. The van der Waals surface area contributed by atoms with Gasteiger partial charge in [-0.05, 0) is 19.4 Å². The van der Waals surface area contributed by atoms with Gasteiger partial charge >= 0.3 is 0 Å². The number of halogens is 1. The molecule has 1 saturated heterocycles. The van der Waals surface area contributed by atoms with Gasteiger partial charge in [0.25, 0.3) is 5.91 Å². The Morgan fingerprint density at radius 3 is 2.86 bits per heavy atom. The molecule has 1 aliphatic rings. The number of amides is 2. The number of nitrogens with two attached hydrogens (primary N) is 1. The van der Waals surface area contributed by atoms with Crippen molar-refractivity contribution < 1.29 is 18.4 Å². The van der Waals surface area contributed by atoms with Gasteiger partial charge in [-0.3, -0.25) is 14.5 Å². The highest BCUT2D eigenvalue weighted by molar-refractivity contribution is 5.94. The number of likely N-dealkylation sites (N-methyl/N-ethyl adjacent to an activating group) is 1. The van der Waals surface area contributed by atoms with Crippen LogP contribution in [0.2, 0.25) is 0 Å². The molecule has 0 aliphatic carbocycles. The maximum atomic E-state index is 13.6. The summed E-state index contributed by atoms with van der Waals surface area (Å²) < 4.78 is 18.7. The van der Waals surface area contributed by atoms with Crippen LogP contribution in [-0.2, 0) is 4.79 Å². The maximum absolute atomic E-state index is 13.6. The summed E-state index contributed by atoms with van der Waals surface area (Å²) in [7, 11) is 1.66. The number of carbonyl (C=O) groups excluding carboxylic acids is 2. The van der Waals surface area contributed by atoms with E-state index in [0.717, 1.165) is 0 Å². The number of primary amides is 1. The van der Waals surface area contributed by atoms with Crippen LogP contribution in [0, 0.1) is 6.92 Å². The van der Waals surface area contributed by atoms with Crippen LogP contribution in [0.3, 0.4) is 0 Å². The van der Waals surface area contributed by atoms with Crippen molar-refractivity contribution in [1.29, 1.82) is 0 Å². The average Bonchev–Trinajstić information content (AvgIpc) is 2.94. The predicted molar refractivity (Wildman–Crippen MR) is 74.5 cm³/mol. The fourth-order valence-electron chi connectivity index (χ4n) is 2.72. The van der Waals surface area contributed by atoms with E-state index in [4.69, 9.17) is 10.2 Å². The van der Waals surface area contributed by atoms with Crippen molar-refractivity contribution in [2.45, 2.75) is 25.6 Å². The average molecular weight is 297 g/mol. The van der Waals surface area contributed by atoms with Crippen molar-refractivity contribution in [3.8, 4) is 0 Å². The molecule has 116 valence electrons. The number of aryl methyl sites for hydroxylation is 1. The molecule has 0 aromatic carbocycles. The molecule has 0 spiro atoms. The number of furan rings is 1. The van der Waals surface area contributed by atoms with Gasteiger partial charge < -0.3 is 15.1 Å². The lowest BCUT2D eigenvalue weighted by atomic mass is 10.1. The van der Waals surface area contributed by atoms with E-state index in [9.17, 15) is 14.0 Å². The first-order chi connectivity index (χ1) is 9.88. The molecule has 2 rings (SSSR count). The van der Waals surface area contributed by atoms with E-state index in [1.807, 2.05) is 0 Å². The van der Waals surface area contributed by atoms with Crippen molar-refractivity contribution in [2.75, 3.05) is 26.7 Å². The lowest BCUT2D eigenvalue weighted by molar-refractivity contribution is -0.119. The summed E-state index contributed by atoms with van der Waals surface area (Å²) in [5.74, 6) is -0.119. The number of likely N-dealkylation sites (tertiary alicyclic amines) is 1. The molecule has 1 aromatic rings. The molecule has 1 aliphatic heterocycles. The summed E-state index contributed by atoms with van der Waals surface area (Å²) in [6.07, 6.45) is 0.770. The third-order valence-corrected chi connectivity index (χ3v) is 3.76. The van der Waals surface area contributed by atoms with Crippen molar-refractivity contribution in [1.82, 2.24) is 9.80 Å². The van der Waals surface area contributed by atoms with E-state index in [1.54, 1.807) is 24.9 Å². The smallest absolute Gasteiger partial charge is 0.257 e. The third kappa shape index (κ3) is 3.60. The number of hydrogen-bond donors (Lipinski definition) is 1. The van der Waals surface area contributed by atoms with E-state index in [1.165, 1.54) is 11.2 Å². The highest BCUT2D eigenvalue weighted by Crippen LogP contribution is 2.21. The lowest BCUT2D eigenvalue weighted by Gasteiger charge is -2.27. The topological polar surface area (TPSA) is 79.8 Å². The van der Waals surface area contributed by atoms with Gasteiger partial charge in [0.1, 0.15) is 11.9 Å². The Morgan fingerprint density at radius 2 is 2.29 bits per heavy atom. The van der Waals surface area contributed by atoms with Crippen LogP contribution in [0.4, 0.5) is 4.39 Å². The number of rotatable bonds is 5. The number of nitrogens with zero attached hydrogens (tertiary/aromatic N) is 2. The maximum Gasteiger partial charge on any atom is 0.257 e. The molecule has 7 heteroatoms. The molecule has 0 saturated carbocycles. The summed E-state index contributed by atoms with van der Waals surface area (Å²) in [5, 5.41) is 0. The molecule has 21 heavy (non-hydrogen) atoms. The molecule has 2 heterocycles. The van der Waals surface area contributed by atoms with Gasteiger partial charge in [0, 0.05) is 26.2 Å². The molecule has 1 aromatic heterocycles. The van der Waals surface area contributed by atoms with Crippen LogP contribution in [0.15, 0.2) is 16.7 Å². The Morgan fingerprint density at radius 1 is 1.57 bits per heavy atom. The Hall–Kier alpha value is -1.89. The monoisotopic (exact) mass is 297 g/mol. The summed E-state index contributed by atoms with van der Waals surface area (Å²) in [6, 6.07) is 1.41. The van der Waals surface area contributed by atoms with Crippen molar-refractivity contribution in [3.05, 3.63) is 23.7 Å². The van der Waals surface area contributed by atoms with Crippen molar-refractivity contribution in [2.24, 2.45) is 5.73 Å². The second-order valence-electron chi connectivity index (χ2n) is 5.46. The van der Waals surface area contributed by atoms with E-state index >= 15 is 0 Å².